The Bertz CT molecular complexity index is 672. The number of esters is 1. The molecule has 7 heteroatoms. The first-order valence-electron chi connectivity index (χ1n) is 10.5. The second kappa shape index (κ2) is 11.3. The first-order chi connectivity index (χ1) is 14.2. The Morgan fingerprint density at radius 1 is 1.23 bits per heavy atom. The largest absolute Gasteiger partial charge is 0.461 e. The zero-order valence-corrected chi connectivity index (χ0v) is 18.7. The predicted molar refractivity (Wildman–Crippen MR) is 113 cm³/mol. The topological polar surface area (TPSA) is 83.1 Å². The fourth-order valence-electron chi connectivity index (χ4n) is 3.53. The Hall–Kier alpha value is -2.12. The zero-order valence-electron chi connectivity index (χ0n) is 18.7. The maximum Gasteiger partial charge on any atom is 0.408 e. The van der Waals surface area contributed by atoms with E-state index in [-0.39, 0.29) is 18.1 Å². The van der Waals surface area contributed by atoms with Gasteiger partial charge in [-0.05, 0) is 46.1 Å². The van der Waals surface area contributed by atoms with Crippen LogP contribution in [-0.2, 0) is 30.2 Å². The molecule has 2 rings (SSSR count). The van der Waals surface area contributed by atoms with Gasteiger partial charge >= 0.3 is 12.1 Å². The molecule has 0 aliphatic carbocycles. The Morgan fingerprint density at radius 3 is 2.57 bits per heavy atom. The zero-order chi connectivity index (χ0) is 22.1. The Kier molecular flexibility index (Phi) is 9.11. The van der Waals surface area contributed by atoms with E-state index >= 15 is 0 Å². The number of carbonyl (C=O) groups excluding carboxylic acids is 2. The third-order valence-corrected chi connectivity index (χ3v) is 5.02. The molecule has 0 aromatic heterocycles. The van der Waals surface area contributed by atoms with E-state index < -0.39 is 23.7 Å². The minimum Gasteiger partial charge on any atom is -0.461 e. The molecular formula is C23H35NO6. The maximum absolute atomic E-state index is 12.8. The third-order valence-electron chi connectivity index (χ3n) is 5.02. The van der Waals surface area contributed by atoms with Crippen LogP contribution in [0.25, 0.3) is 0 Å². The standard InChI is InChI=1S/C23H35NO6/c1-16-18(15-17-9-7-6-8-10-17)20(12-13-27-5)28-14-11-19(21(25)29-16)24-22(26)30-23(2,3)4/h6-10,16,18-20H,11-15H2,1-5H3,(H,24,26)/t16-,18-,19-,20+/m0/s1. The van der Waals surface area contributed by atoms with Crippen LogP contribution in [0.3, 0.4) is 0 Å². The quantitative estimate of drug-likeness (QED) is 0.708. The summed E-state index contributed by atoms with van der Waals surface area (Å²) in [5.74, 6) is -0.505. The van der Waals surface area contributed by atoms with E-state index in [1.54, 1.807) is 27.9 Å². The molecule has 30 heavy (non-hydrogen) atoms. The minimum atomic E-state index is -0.819. The molecule has 1 aromatic rings. The molecule has 4 atom stereocenters. The number of carbonyl (C=O) groups is 2. The van der Waals surface area contributed by atoms with Crippen molar-refractivity contribution in [2.45, 2.75) is 70.8 Å². The van der Waals surface area contributed by atoms with Gasteiger partial charge in [-0.2, -0.15) is 0 Å². The van der Waals surface area contributed by atoms with Crippen molar-refractivity contribution in [1.82, 2.24) is 5.32 Å². The van der Waals surface area contributed by atoms with E-state index in [1.807, 2.05) is 25.1 Å². The van der Waals surface area contributed by atoms with E-state index in [4.69, 9.17) is 18.9 Å². The van der Waals surface area contributed by atoms with Crippen molar-refractivity contribution in [2.75, 3.05) is 20.3 Å². The van der Waals surface area contributed by atoms with Crippen LogP contribution in [0.2, 0.25) is 0 Å². The van der Waals surface area contributed by atoms with Gasteiger partial charge in [0.25, 0.3) is 0 Å². The highest BCUT2D eigenvalue weighted by Gasteiger charge is 2.35. The number of hydrogen-bond donors (Lipinski definition) is 1. The first kappa shape index (κ1) is 24.2. The number of benzene rings is 1. The third kappa shape index (κ3) is 7.95. The van der Waals surface area contributed by atoms with E-state index in [1.165, 1.54) is 0 Å². The highest BCUT2D eigenvalue weighted by Crippen LogP contribution is 2.26. The van der Waals surface area contributed by atoms with Crippen molar-refractivity contribution in [3.8, 4) is 0 Å². The van der Waals surface area contributed by atoms with Crippen molar-refractivity contribution in [3.05, 3.63) is 35.9 Å². The number of hydrogen-bond acceptors (Lipinski definition) is 6. The average Bonchev–Trinajstić information content (AvgIpc) is 2.71. The second-order valence-corrected chi connectivity index (χ2v) is 8.67. The monoisotopic (exact) mass is 421 g/mol. The molecule has 1 fully saturated rings. The number of alkyl carbamates (subject to hydrolysis) is 1. The van der Waals surface area contributed by atoms with Crippen molar-refractivity contribution < 1.29 is 28.5 Å². The van der Waals surface area contributed by atoms with E-state index in [0.717, 1.165) is 5.56 Å². The summed E-state index contributed by atoms with van der Waals surface area (Å²) in [5.41, 5.74) is 0.501. The lowest BCUT2D eigenvalue weighted by Crippen LogP contribution is -2.45. The Morgan fingerprint density at radius 2 is 1.93 bits per heavy atom. The van der Waals surface area contributed by atoms with Gasteiger partial charge in [0.1, 0.15) is 17.7 Å². The maximum atomic E-state index is 12.8. The summed E-state index contributed by atoms with van der Waals surface area (Å²) in [6, 6.07) is 9.26. The van der Waals surface area contributed by atoms with Crippen LogP contribution in [0.1, 0.15) is 46.1 Å². The van der Waals surface area contributed by atoms with Gasteiger partial charge in [-0.3, -0.25) is 0 Å². The number of rotatable bonds is 6. The van der Waals surface area contributed by atoms with Gasteiger partial charge in [-0.15, -0.1) is 0 Å². The molecule has 1 heterocycles. The van der Waals surface area contributed by atoms with Gasteiger partial charge < -0.3 is 24.3 Å². The molecule has 0 saturated carbocycles. The molecule has 0 bridgehead atoms. The molecule has 0 spiro atoms. The summed E-state index contributed by atoms with van der Waals surface area (Å²) >= 11 is 0. The molecule has 168 valence electrons. The van der Waals surface area contributed by atoms with Gasteiger partial charge in [0.05, 0.1) is 6.10 Å². The predicted octanol–water partition coefficient (Wildman–Crippen LogP) is 3.50. The fraction of sp³-hybridized carbons (Fsp3) is 0.652. The number of amides is 1. The van der Waals surface area contributed by atoms with Crippen LogP contribution in [0, 0.1) is 5.92 Å². The lowest BCUT2D eigenvalue weighted by atomic mass is 9.88. The smallest absolute Gasteiger partial charge is 0.408 e. The number of nitrogens with one attached hydrogen (secondary N) is 1. The number of ether oxygens (including phenoxy) is 4. The Balaban J connectivity index is 2.14. The summed E-state index contributed by atoms with van der Waals surface area (Å²) in [6.45, 7) is 8.07. The molecule has 1 saturated heterocycles. The molecule has 7 nitrogen and oxygen atoms in total. The summed E-state index contributed by atoms with van der Waals surface area (Å²) in [4.78, 5) is 24.9. The normalized spacial score (nSPS) is 25.4. The van der Waals surface area contributed by atoms with E-state index in [9.17, 15) is 9.59 Å². The summed E-state index contributed by atoms with van der Waals surface area (Å²) in [5, 5.41) is 2.62. The molecule has 0 radical (unpaired) electrons. The van der Waals surface area contributed by atoms with Crippen LogP contribution in [0.15, 0.2) is 30.3 Å². The van der Waals surface area contributed by atoms with Gasteiger partial charge in [0.2, 0.25) is 0 Å². The van der Waals surface area contributed by atoms with Crippen LogP contribution in [0.5, 0.6) is 0 Å². The van der Waals surface area contributed by atoms with Gasteiger partial charge in [0.15, 0.2) is 0 Å². The first-order valence-corrected chi connectivity index (χ1v) is 10.5. The molecule has 0 unspecified atom stereocenters. The summed E-state index contributed by atoms with van der Waals surface area (Å²) in [7, 11) is 1.66. The van der Waals surface area contributed by atoms with Gasteiger partial charge in [-0.1, -0.05) is 30.3 Å². The van der Waals surface area contributed by atoms with Crippen LogP contribution < -0.4 is 5.32 Å². The lowest BCUT2D eigenvalue weighted by Gasteiger charge is -2.31. The molecule has 1 aromatic carbocycles. The van der Waals surface area contributed by atoms with Crippen molar-refractivity contribution in [2.24, 2.45) is 5.92 Å². The highest BCUT2D eigenvalue weighted by molar-refractivity contribution is 5.81. The van der Waals surface area contributed by atoms with E-state index in [0.29, 0.717) is 32.5 Å². The van der Waals surface area contributed by atoms with Crippen molar-refractivity contribution in [1.29, 1.82) is 0 Å². The minimum absolute atomic E-state index is 0.0354. The van der Waals surface area contributed by atoms with Gasteiger partial charge in [-0.25, -0.2) is 9.59 Å². The highest BCUT2D eigenvalue weighted by atomic mass is 16.6. The fourth-order valence-corrected chi connectivity index (χ4v) is 3.53. The van der Waals surface area contributed by atoms with Gasteiger partial charge in [0, 0.05) is 32.7 Å². The van der Waals surface area contributed by atoms with Crippen LogP contribution in [0.4, 0.5) is 4.79 Å². The molecule has 1 amide bonds. The molecule has 1 N–H and O–H groups in total. The summed E-state index contributed by atoms with van der Waals surface area (Å²) in [6.07, 6.45) is 0.558. The van der Waals surface area contributed by atoms with E-state index in [2.05, 4.69) is 17.4 Å². The molecule has 1 aliphatic rings. The number of cyclic esters (lactones) is 1. The molecule has 1 aliphatic heterocycles. The number of methoxy groups -OCH3 is 1. The van der Waals surface area contributed by atoms with Crippen LogP contribution >= 0.6 is 0 Å². The SMILES string of the molecule is COCC[C@H]1OCC[C@H](NC(=O)OC(C)(C)C)C(=O)O[C@@H](C)[C@@H]1Cc1ccccc1. The summed E-state index contributed by atoms with van der Waals surface area (Å²) < 4.78 is 22.5. The lowest BCUT2D eigenvalue weighted by molar-refractivity contribution is -0.154. The van der Waals surface area contributed by atoms with Crippen molar-refractivity contribution >= 4 is 12.1 Å². The van der Waals surface area contributed by atoms with Crippen molar-refractivity contribution in [3.63, 3.8) is 0 Å². The Labute approximate surface area is 179 Å². The molecular weight excluding hydrogens is 386 g/mol. The average molecular weight is 422 g/mol. The second-order valence-electron chi connectivity index (χ2n) is 8.67. The van der Waals surface area contributed by atoms with Crippen LogP contribution in [-0.4, -0.2) is 56.2 Å².